The average Bonchev–Trinajstić information content (AvgIpc) is 2.72. The largest absolute Gasteiger partial charge is 0.506 e. The molecule has 10 nitrogen and oxygen atoms in total. The van der Waals surface area contributed by atoms with E-state index >= 15 is 0 Å². The second-order valence-corrected chi connectivity index (χ2v) is 7.11. The predicted octanol–water partition coefficient (Wildman–Crippen LogP) is 1.83. The Kier molecular flexibility index (Phi) is 8.38. The van der Waals surface area contributed by atoms with Crippen molar-refractivity contribution in [3.8, 4) is 0 Å². The van der Waals surface area contributed by atoms with E-state index in [1.54, 1.807) is 24.3 Å². The molecule has 0 saturated heterocycles. The van der Waals surface area contributed by atoms with Crippen LogP contribution in [0.15, 0.2) is 47.6 Å². The first-order valence-electron chi connectivity index (χ1n) is 9.16. The van der Waals surface area contributed by atoms with Crippen molar-refractivity contribution in [3.63, 3.8) is 0 Å². The SMILES string of the molecule is CC(NC(=O)c1cncc(S)c1)C(=O)NC(C)C(=O)Nc1ccc(COC(=O)O)cc1. The van der Waals surface area contributed by atoms with Crippen LogP contribution in [0.1, 0.15) is 29.8 Å². The maximum Gasteiger partial charge on any atom is 0.506 e. The van der Waals surface area contributed by atoms with Gasteiger partial charge in [-0.3, -0.25) is 19.4 Å². The van der Waals surface area contributed by atoms with Gasteiger partial charge in [0.2, 0.25) is 11.8 Å². The Labute approximate surface area is 183 Å². The van der Waals surface area contributed by atoms with Crippen LogP contribution < -0.4 is 16.0 Å². The van der Waals surface area contributed by atoms with Gasteiger partial charge in [-0.25, -0.2) is 4.79 Å². The number of thiol groups is 1. The van der Waals surface area contributed by atoms with Crippen molar-refractivity contribution in [1.82, 2.24) is 15.6 Å². The minimum absolute atomic E-state index is 0.103. The molecule has 0 aliphatic carbocycles. The fourth-order valence-electron chi connectivity index (χ4n) is 2.38. The third kappa shape index (κ3) is 7.63. The van der Waals surface area contributed by atoms with Crippen LogP contribution >= 0.6 is 12.6 Å². The van der Waals surface area contributed by atoms with E-state index in [-0.39, 0.29) is 12.2 Å². The van der Waals surface area contributed by atoms with Crippen LogP contribution in [0.25, 0.3) is 0 Å². The molecular formula is C20H22N4O6S. The highest BCUT2D eigenvalue weighted by Crippen LogP contribution is 2.11. The number of aromatic nitrogens is 1. The quantitative estimate of drug-likeness (QED) is 0.307. The monoisotopic (exact) mass is 446 g/mol. The maximum atomic E-state index is 12.3. The first-order chi connectivity index (χ1) is 14.7. The summed E-state index contributed by atoms with van der Waals surface area (Å²) in [6, 6.07) is 6.14. The number of hydrogen-bond acceptors (Lipinski definition) is 7. The molecule has 0 saturated carbocycles. The number of hydrogen-bond donors (Lipinski definition) is 5. The maximum absolute atomic E-state index is 12.3. The fraction of sp³-hybridized carbons (Fsp3) is 0.250. The van der Waals surface area contributed by atoms with Crippen LogP contribution in [0.5, 0.6) is 0 Å². The van der Waals surface area contributed by atoms with Crippen LogP contribution in [-0.2, 0) is 20.9 Å². The van der Waals surface area contributed by atoms with Gasteiger partial charge in [-0.2, -0.15) is 0 Å². The van der Waals surface area contributed by atoms with E-state index < -0.39 is 36.0 Å². The fourth-order valence-corrected chi connectivity index (χ4v) is 2.59. The number of nitrogens with one attached hydrogen (secondary N) is 3. The highest BCUT2D eigenvalue weighted by Gasteiger charge is 2.21. The lowest BCUT2D eigenvalue weighted by atomic mass is 10.2. The van der Waals surface area contributed by atoms with Crippen LogP contribution in [-0.4, -0.2) is 46.1 Å². The van der Waals surface area contributed by atoms with Gasteiger partial charge < -0.3 is 25.8 Å². The second-order valence-electron chi connectivity index (χ2n) is 6.60. The van der Waals surface area contributed by atoms with Crippen molar-refractivity contribution in [2.45, 2.75) is 37.4 Å². The summed E-state index contributed by atoms with van der Waals surface area (Å²) < 4.78 is 4.46. The van der Waals surface area contributed by atoms with E-state index in [0.29, 0.717) is 16.1 Å². The topological polar surface area (TPSA) is 147 Å². The second kappa shape index (κ2) is 11.0. The molecule has 2 atom stereocenters. The number of ether oxygens (including phenoxy) is 1. The lowest BCUT2D eigenvalue weighted by molar-refractivity contribution is -0.127. The number of amides is 3. The normalized spacial score (nSPS) is 12.2. The molecule has 0 bridgehead atoms. The van der Waals surface area contributed by atoms with Crippen molar-refractivity contribution in [3.05, 3.63) is 53.9 Å². The smallest absolute Gasteiger partial charge is 0.450 e. The number of benzene rings is 1. The first kappa shape index (κ1) is 23.7. The van der Waals surface area contributed by atoms with Gasteiger partial charge in [0.1, 0.15) is 18.7 Å². The zero-order chi connectivity index (χ0) is 23.0. The highest BCUT2D eigenvalue weighted by atomic mass is 32.1. The third-order valence-electron chi connectivity index (χ3n) is 4.06. The van der Waals surface area contributed by atoms with Gasteiger partial charge in [-0.15, -0.1) is 12.6 Å². The average molecular weight is 446 g/mol. The molecule has 2 rings (SSSR count). The number of rotatable bonds is 8. The van der Waals surface area contributed by atoms with Gasteiger partial charge in [0, 0.05) is 23.0 Å². The van der Waals surface area contributed by atoms with Gasteiger partial charge in [0.15, 0.2) is 0 Å². The summed E-state index contributed by atoms with van der Waals surface area (Å²) in [6.07, 6.45) is 1.46. The molecule has 0 spiro atoms. The summed E-state index contributed by atoms with van der Waals surface area (Å²) in [7, 11) is 0. The van der Waals surface area contributed by atoms with Crippen LogP contribution in [0.3, 0.4) is 0 Å². The number of anilines is 1. The molecule has 31 heavy (non-hydrogen) atoms. The van der Waals surface area contributed by atoms with Crippen molar-refractivity contribution in [1.29, 1.82) is 0 Å². The van der Waals surface area contributed by atoms with Crippen molar-refractivity contribution >= 4 is 42.2 Å². The third-order valence-corrected chi connectivity index (χ3v) is 4.31. The Morgan fingerprint density at radius 3 is 2.29 bits per heavy atom. The number of carbonyl (C=O) groups is 4. The summed E-state index contributed by atoms with van der Waals surface area (Å²) in [5.74, 6) is -1.49. The number of carboxylic acid groups (broad SMARTS) is 1. The summed E-state index contributed by atoms with van der Waals surface area (Å²) in [4.78, 5) is 51.6. The molecule has 2 unspecified atom stereocenters. The van der Waals surface area contributed by atoms with Crippen molar-refractivity contribution < 1.29 is 29.0 Å². The van der Waals surface area contributed by atoms with Crippen molar-refractivity contribution in [2.24, 2.45) is 0 Å². The zero-order valence-electron chi connectivity index (χ0n) is 16.8. The lowest BCUT2D eigenvalue weighted by Crippen LogP contribution is -2.50. The first-order valence-corrected chi connectivity index (χ1v) is 9.61. The molecular weight excluding hydrogens is 424 g/mol. The van der Waals surface area contributed by atoms with E-state index in [4.69, 9.17) is 5.11 Å². The Morgan fingerprint density at radius 1 is 1.03 bits per heavy atom. The van der Waals surface area contributed by atoms with Gasteiger partial charge in [-0.05, 0) is 37.6 Å². The zero-order valence-corrected chi connectivity index (χ0v) is 17.7. The summed E-state index contributed by atoms with van der Waals surface area (Å²) in [5.41, 5.74) is 1.34. The molecule has 0 aliphatic heterocycles. The molecule has 0 fully saturated rings. The molecule has 4 N–H and O–H groups in total. The minimum atomic E-state index is -1.38. The molecule has 1 heterocycles. The van der Waals surface area contributed by atoms with E-state index in [1.165, 1.54) is 32.3 Å². The molecule has 0 radical (unpaired) electrons. The number of carbonyl (C=O) groups excluding carboxylic acids is 3. The number of nitrogens with zero attached hydrogens (tertiary/aromatic N) is 1. The lowest BCUT2D eigenvalue weighted by Gasteiger charge is -2.18. The standard InChI is InChI=1S/C20H22N4O6S/c1-11(23-19(27)14-7-16(31)9-21-8-14)17(25)22-12(2)18(26)24-15-5-3-13(4-6-15)10-30-20(28)29/h3-9,11-12,31H,10H2,1-2H3,(H,22,25)(H,23,27)(H,24,26)(H,28,29). The van der Waals surface area contributed by atoms with Gasteiger partial charge in [0.25, 0.3) is 5.91 Å². The van der Waals surface area contributed by atoms with Crippen LogP contribution in [0, 0.1) is 0 Å². The van der Waals surface area contributed by atoms with Gasteiger partial charge >= 0.3 is 6.16 Å². The molecule has 11 heteroatoms. The van der Waals surface area contributed by atoms with Gasteiger partial charge in [-0.1, -0.05) is 12.1 Å². The predicted molar refractivity (Wildman–Crippen MR) is 114 cm³/mol. The van der Waals surface area contributed by atoms with Crippen LogP contribution in [0.2, 0.25) is 0 Å². The molecule has 3 amide bonds. The summed E-state index contributed by atoms with van der Waals surface area (Å²) in [5, 5.41) is 16.2. The van der Waals surface area contributed by atoms with E-state index in [1.807, 2.05) is 0 Å². The summed E-state index contributed by atoms with van der Waals surface area (Å²) >= 11 is 4.12. The minimum Gasteiger partial charge on any atom is -0.450 e. The highest BCUT2D eigenvalue weighted by molar-refractivity contribution is 7.80. The van der Waals surface area contributed by atoms with E-state index in [2.05, 4.69) is 38.3 Å². The molecule has 1 aromatic heterocycles. The Morgan fingerprint density at radius 2 is 1.68 bits per heavy atom. The van der Waals surface area contributed by atoms with E-state index in [0.717, 1.165) is 0 Å². The molecule has 164 valence electrons. The Bertz CT molecular complexity index is 966. The van der Waals surface area contributed by atoms with E-state index in [9.17, 15) is 19.2 Å². The Balaban J connectivity index is 1.84. The molecule has 1 aromatic carbocycles. The molecule has 2 aromatic rings. The Hall–Kier alpha value is -3.60. The van der Waals surface area contributed by atoms with Gasteiger partial charge in [0.05, 0.1) is 5.56 Å². The summed E-state index contributed by atoms with van der Waals surface area (Å²) in [6.45, 7) is 2.90. The van der Waals surface area contributed by atoms with Crippen molar-refractivity contribution in [2.75, 3.05) is 5.32 Å². The number of pyridine rings is 1. The molecule has 0 aliphatic rings. The van der Waals surface area contributed by atoms with Crippen LogP contribution in [0.4, 0.5) is 10.5 Å².